The van der Waals surface area contributed by atoms with Gasteiger partial charge in [-0.1, -0.05) is 12.1 Å². The normalized spacial score (nSPS) is 20.9. The van der Waals surface area contributed by atoms with E-state index in [2.05, 4.69) is 10.3 Å². The van der Waals surface area contributed by atoms with Crippen LogP contribution in [0.15, 0.2) is 41.3 Å². The summed E-state index contributed by atoms with van der Waals surface area (Å²) >= 11 is 0. The Balaban J connectivity index is 1.28. The van der Waals surface area contributed by atoms with Crippen LogP contribution < -0.4 is 11.0 Å². The minimum Gasteiger partial charge on any atom is -0.331 e. The number of imidazole rings is 1. The largest absolute Gasteiger partial charge is 0.406 e. The lowest BCUT2D eigenvalue weighted by atomic mass is 9.93. The number of rotatable bonds is 4. The number of piperidine rings is 1. The molecule has 2 aliphatic rings. The lowest BCUT2D eigenvalue weighted by Crippen LogP contribution is -2.54. The first kappa shape index (κ1) is 28.6. The number of halogens is 5. The van der Waals surface area contributed by atoms with Crippen LogP contribution in [0, 0.1) is 11.6 Å². The van der Waals surface area contributed by atoms with E-state index in [1.807, 2.05) is 0 Å². The van der Waals surface area contributed by atoms with E-state index in [1.165, 1.54) is 21.6 Å². The average Bonchev–Trinajstić information content (AvgIpc) is 3.10. The number of carbonyl (C=O) groups is 2. The summed E-state index contributed by atoms with van der Waals surface area (Å²) in [5.41, 5.74) is 0.892. The Morgan fingerprint density at radius 1 is 1.05 bits per heavy atom. The van der Waals surface area contributed by atoms with Crippen LogP contribution in [0.25, 0.3) is 11.2 Å². The number of hydrogen-bond acceptors (Lipinski definition) is 4. The molecule has 1 aromatic carbocycles. The highest BCUT2D eigenvalue weighted by Crippen LogP contribution is 2.32. The molecule has 9 nitrogen and oxygen atoms in total. The van der Waals surface area contributed by atoms with Crippen LogP contribution in [-0.4, -0.2) is 74.3 Å². The number of urea groups is 1. The zero-order valence-corrected chi connectivity index (χ0v) is 22.2. The lowest BCUT2D eigenvalue weighted by Gasteiger charge is -2.34. The number of hydrogen-bond donors (Lipinski definition) is 1. The molecule has 2 aromatic heterocycles. The van der Waals surface area contributed by atoms with Crippen LogP contribution >= 0.6 is 0 Å². The van der Waals surface area contributed by atoms with Crippen molar-refractivity contribution in [1.82, 2.24) is 29.2 Å². The summed E-state index contributed by atoms with van der Waals surface area (Å²) in [7, 11) is 1.63. The van der Waals surface area contributed by atoms with E-state index in [0.29, 0.717) is 28.9 Å². The van der Waals surface area contributed by atoms with E-state index < -0.39 is 54.8 Å². The molecule has 0 aliphatic carbocycles. The van der Waals surface area contributed by atoms with Gasteiger partial charge in [-0.15, -0.1) is 0 Å². The number of carbonyl (C=O) groups excluding carboxylic acids is 2. The van der Waals surface area contributed by atoms with Crippen molar-refractivity contribution in [3.63, 3.8) is 0 Å². The molecule has 4 heterocycles. The van der Waals surface area contributed by atoms with Gasteiger partial charge in [0.15, 0.2) is 17.3 Å². The zero-order chi connectivity index (χ0) is 29.5. The Morgan fingerprint density at radius 2 is 1.78 bits per heavy atom. The Bertz CT molecular complexity index is 1510. The standard InChI is InChI=1S/C27H29F5N6O3/c1-35-23-21(6-3-11-33-23)38(26(35)41)17-9-12-36(13-10-17)25(40)34-20-8-7-16(18-4-2-5-19(28)22(18)29)14-37(24(20)39)15-27(30,31)32/h2-6,11,16-17,20H,7-10,12-15H2,1H3,(H,34,40). The van der Waals surface area contributed by atoms with Crippen LogP contribution in [0.3, 0.4) is 0 Å². The first-order valence-electron chi connectivity index (χ1n) is 13.3. The number of nitrogens with one attached hydrogen (secondary N) is 1. The van der Waals surface area contributed by atoms with E-state index in [4.69, 9.17) is 0 Å². The van der Waals surface area contributed by atoms with Gasteiger partial charge in [0.05, 0.1) is 5.52 Å². The van der Waals surface area contributed by atoms with Gasteiger partial charge in [-0.2, -0.15) is 13.2 Å². The topological polar surface area (TPSA) is 92.5 Å². The quantitative estimate of drug-likeness (QED) is 0.477. The number of benzene rings is 1. The van der Waals surface area contributed by atoms with Crippen molar-refractivity contribution in [2.75, 3.05) is 26.2 Å². The average molecular weight is 581 g/mol. The van der Waals surface area contributed by atoms with Crippen molar-refractivity contribution in [3.8, 4) is 0 Å². The molecule has 2 atom stereocenters. The Kier molecular flexibility index (Phi) is 7.75. The Hall–Kier alpha value is -3.97. The minimum atomic E-state index is -4.73. The Labute approximate surface area is 231 Å². The number of likely N-dealkylation sites (tertiary alicyclic amines) is 2. The number of alkyl halides is 3. The van der Waals surface area contributed by atoms with Crippen molar-refractivity contribution in [1.29, 1.82) is 0 Å². The van der Waals surface area contributed by atoms with Crippen molar-refractivity contribution in [2.45, 2.75) is 49.9 Å². The molecule has 3 aromatic rings. The highest BCUT2D eigenvalue weighted by Gasteiger charge is 2.40. The number of amides is 3. The van der Waals surface area contributed by atoms with Crippen LogP contribution in [-0.2, 0) is 11.8 Å². The van der Waals surface area contributed by atoms with E-state index in [-0.39, 0.29) is 43.2 Å². The first-order chi connectivity index (χ1) is 19.4. The highest BCUT2D eigenvalue weighted by atomic mass is 19.4. The van der Waals surface area contributed by atoms with Gasteiger partial charge in [0.1, 0.15) is 12.6 Å². The number of aromatic nitrogens is 3. The second-order valence-corrected chi connectivity index (χ2v) is 10.5. The number of fused-ring (bicyclic) bond motifs is 1. The smallest absolute Gasteiger partial charge is 0.331 e. The number of nitrogens with zero attached hydrogens (tertiary/aromatic N) is 5. The first-order valence-corrected chi connectivity index (χ1v) is 13.3. The predicted molar refractivity (Wildman–Crippen MR) is 138 cm³/mol. The lowest BCUT2D eigenvalue weighted by molar-refractivity contribution is -0.162. The van der Waals surface area contributed by atoms with Gasteiger partial charge < -0.3 is 15.1 Å². The molecule has 2 aliphatic heterocycles. The zero-order valence-electron chi connectivity index (χ0n) is 22.2. The van der Waals surface area contributed by atoms with Gasteiger partial charge in [0.25, 0.3) is 0 Å². The van der Waals surface area contributed by atoms with Crippen LogP contribution in [0.5, 0.6) is 0 Å². The molecule has 0 spiro atoms. The number of pyridine rings is 1. The van der Waals surface area contributed by atoms with Gasteiger partial charge in [0, 0.05) is 44.8 Å². The monoisotopic (exact) mass is 580 g/mol. The van der Waals surface area contributed by atoms with Crippen LogP contribution in [0.1, 0.15) is 43.2 Å². The Morgan fingerprint density at radius 3 is 2.49 bits per heavy atom. The van der Waals surface area contributed by atoms with Crippen molar-refractivity contribution < 1.29 is 31.5 Å². The maximum atomic E-state index is 14.5. The summed E-state index contributed by atoms with van der Waals surface area (Å²) in [6, 6.07) is 4.93. The SMILES string of the molecule is Cn1c(=O)n(C2CCN(C(=O)NC3CCC(c4cccc(F)c4F)CN(CC(F)(F)F)C3=O)CC2)c2cccnc21. The fraction of sp³-hybridized carbons (Fsp3) is 0.481. The molecule has 41 heavy (non-hydrogen) atoms. The highest BCUT2D eigenvalue weighted by molar-refractivity contribution is 5.87. The minimum absolute atomic E-state index is 0.0472. The summed E-state index contributed by atoms with van der Waals surface area (Å²) in [4.78, 5) is 45.4. The van der Waals surface area contributed by atoms with Gasteiger partial charge in [-0.05, 0) is 49.4 Å². The van der Waals surface area contributed by atoms with Gasteiger partial charge in [0.2, 0.25) is 5.91 Å². The molecule has 2 fully saturated rings. The fourth-order valence-corrected chi connectivity index (χ4v) is 5.85. The third-order valence-electron chi connectivity index (χ3n) is 7.90. The molecule has 1 N–H and O–H groups in total. The fourth-order valence-electron chi connectivity index (χ4n) is 5.85. The summed E-state index contributed by atoms with van der Waals surface area (Å²) in [6.45, 7) is -1.54. The van der Waals surface area contributed by atoms with Gasteiger partial charge in [-0.3, -0.25) is 13.9 Å². The second-order valence-electron chi connectivity index (χ2n) is 10.5. The third kappa shape index (κ3) is 5.77. The van der Waals surface area contributed by atoms with E-state index in [9.17, 15) is 36.3 Å². The van der Waals surface area contributed by atoms with Gasteiger partial charge in [-0.25, -0.2) is 23.4 Å². The molecule has 5 rings (SSSR count). The molecule has 2 unspecified atom stereocenters. The molecule has 0 bridgehead atoms. The third-order valence-corrected chi connectivity index (χ3v) is 7.90. The molecule has 0 saturated carbocycles. The van der Waals surface area contributed by atoms with E-state index in [0.717, 1.165) is 6.07 Å². The van der Waals surface area contributed by atoms with Crippen LogP contribution in [0.4, 0.5) is 26.7 Å². The second kappa shape index (κ2) is 11.1. The van der Waals surface area contributed by atoms with E-state index >= 15 is 0 Å². The predicted octanol–water partition coefficient (Wildman–Crippen LogP) is 3.70. The summed E-state index contributed by atoms with van der Waals surface area (Å²) in [5, 5.41) is 2.57. The summed E-state index contributed by atoms with van der Waals surface area (Å²) in [6.07, 6.45) is -2.22. The molecule has 220 valence electrons. The molecule has 0 radical (unpaired) electrons. The summed E-state index contributed by atoms with van der Waals surface area (Å²) in [5.74, 6) is -4.11. The molecule has 3 amide bonds. The van der Waals surface area contributed by atoms with Crippen molar-refractivity contribution >= 4 is 23.1 Å². The molecular weight excluding hydrogens is 551 g/mol. The molecular formula is C27H29F5N6O3. The maximum Gasteiger partial charge on any atom is 0.406 e. The maximum absolute atomic E-state index is 14.5. The number of aryl methyl sites for hydroxylation is 1. The van der Waals surface area contributed by atoms with E-state index in [1.54, 1.807) is 29.9 Å². The van der Waals surface area contributed by atoms with Gasteiger partial charge >= 0.3 is 17.9 Å². The summed E-state index contributed by atoms with van der Waals surface area (Å²) < 4.78 is 71.5. The van der Waals surface area contributed by atoms with Crippen molar-refractivity contribution in [3.05, 3.63) is 64.2 Å². The van der Waals surface area contributed by atoms with Crippen molar-refractivity contribution in [2.24, 2.45) is 7.05 Å². The molecule has 14 heteroatoms. The molecule has 2 saturated heterocycles. The van der Waals surface area contributed by atoms with Crippen LogP contribution in [0.2, 0.25) is 0 Å².